The molecule has 152 valence electrons. The maximum absolute atomic E-state index is 12.7. The summed E-state index contributed by atoms with van der Waals surface area (Å²) in [5, 5.41) is 2.93. The van der Waals surface area contributed by atoms with Gasteiger partial charge in [0.25, 0.3) is 0 Å². The van der Waals surface area contributed by atoms with E-state index < -0.39 is 0 Å². The summed E-state index contributed by atoms with van der Waals surface area (Å²) in [6.45, 7) is 3.65. The summed E-state index contributed by atoms with van der Waals surface area (Å²) >= 11 is 0. The quantitative estimate of drug-likeness (QED) is 0.694. The number of aromatic amines is 1. The van der Waals surface area contributed by atoms with Crippen LogP contribution < -0.4 is 14.8 Å². The molecule has 2 amide bonds. The molecule has 0 bridgehead atoms. The highest BCUT2D eigenvalue weighted by atomic mass is 16.5. The zero-order chi connectivity index (χ0) is 20.2. The molecule has 0 unspecified atom stereocenters. The van der Waals surface area contributed by atoms with Crippen LogP contribution >= 0.6 is 0 Å². The Morgan fingerprint density at radius 1 is 1.10 bits per heavy atom. The van der Waals surface area contributed by atoms with Crippen molar-refractivity contribution in [1.29, 1.82) is 0 Å². The Morgan fingerprint density at radius 3 is 2.62 bits per heavy atom. The third kappa shape index (κ3) is 4.27. The number of rotatable bonds is 5. The molecule has 2 aromatic carbocycles. The third-order valence-electron chi connectivity index (χ3n) is 5.12. The van der Waals surface area contributed by atoms with E-state index in [0.717, 1.165) is 36.5 Å². The topological polar surface area (TPSA) is 82.7 Å². The van der Waals surface area contributed by atoms with Crippen LogP contribution in [-0.4, -0.2) is 66.2 Å². The molecular formula is C21H25N5O3. The van der Waals surface area contributed by atoms with E-state index in [0.29, 0.717) is 30.3 Å². The van der Waals surface area contributed by atoms with Crippen LogP contribution in [0.25, 0.3) is 11.0 Å². The summed E-state index contributed by atoms with van der Waals surface area (Å²) in [7, 11) is 3.17. The molecule has 1 aliphatic heterocycles. The van der Waals surface area contributed by atoms with Crippen LogP contribution in [0.2, 0.25) is 0 Å². The number of fused-ring (bicyclic) bond motifs is 1. The molecule has 1 aliphatic rings. The van der Waals surface area contributed by atoms with Gasteiger partial charge >= 0.3 is 6.03 Å². The number of hydrogen-bond donors (Lipinski definition) is 2. The van der Waals surface area contributed by atoms with Gasteiger partial charge in [-0.05, 0) is 24.3 Å². The number of amides is 2. The van der Waals surface area contributed by atoms with Crippen molar-refractivity contribution in [2.24, 2.45) is 0 Å². The zero-order valence-electron chi connectivity index (χ0n) is 16.6. The highest BCUT2D eigenvalue weighted by Crippen LogP contribution is 2.29. The molecule has 4 rings (SSSR count). The fourth-order valence-corrected chi connectivity index (χ4v) is 3.50. The average molecular weight is 395 g/mol. The first kappa shape index (κ1) is 19.1. The largest absolute Gasteiger partial charge is 0.497 e. The second kappa shape index (κ2) is 8.40. The number of para-hydroxylation sites is 2. The normalized spacial score (nSPS) is 14.8. The van der Waals surface area contributed by atoms with E-state index in [9.17, 15) is 4.79 Å². The number of H-pyrrole nitrogens is 1. The third-order valence-corrected chi connectivity index (χ3v) is 5.12. The van der Waals surface area contributed by atoms with E-state index in [2.05, 4.69) is 20.2 Å². The minimum atomic E-state index is -0.128. The van der Waals surface area contributed by atoms with Crippen LogP contribution in [0.4, 0.5) is 10.5 Å². The van der Waals surface area contributed by atoms with E-state index >= 15 is 0 Å². The van der Waals surface area contributed by atoms with Crippen molar-refractivity contribution < 1.29 is 14.3 Å². The molecule has 1 fully saturated rings. The van der Waals surface area contributed by atoms with E-state index in [1.165, 1.54) is 0 Å². The molecule has 2 heterocycles. The van der Waals surface area contributed by atoms with E-state index in [1.54, 1.807) is 32.4 Å². The van der Waals surface area contributed by atoms with Crippen molar-refractivity contribution in [2.75, 3.05) is 45.7 Å². The smallest absolute Gasteiger partial charge is 0.322 e. The van der Waals surface area contributed by atoms with Crippen molar-refractivity contribution in [3.05, 3.63) is 48.3 Å². The van der Waals surface area contributed by atoms with Gasteiger partial charge in [0.15, 0.2) is 0 Å². The van der Waals surface area contributed by atoms with Crippen LogP contribution in [0, 0.1) is 0 Å². The van der Waals surface area contributed by atoms with Gasteiger partial charge in [-0.15, -0.1) is 0 Å². The van der Waals surface area contributed by atoms with Crippen LogP contribution in [0.15, 0.2) is 42.5 Å². The molecule has 3 aromatic rings. The predicted octanol–water partition coefficient (Wildman–Crippen LogP) is 2.93. The number of carbonyl (C=O) groups excluding carboxylic acids is 1. The Bertz CT molecular complexity index is 962. The molecule has 1 saturated heterocycles. The van der Waals surface area contributed by atoms with Gasteiger partial charge in [0, 0.05) is 32.2 Å². The summed E-state index contributed by atoms with van der Waals surface area (Å²) in [6.07, 6.45) is 0. The monoisotopic (exact) mass is 395 g/mol. The number of ether oxygens (including phenoxy) is 2. The van der Waals surface area contributed by atoms with Crippen LogP contribution in [0.1, 0.15) is 5.82 Å². The summed E-state index contributed by atoms with van der Waals surface area (Å²) < 4.78 is 10.5. The van der Waals surface area contributed by atoms with Crippen LogP contribution in [0.3, 0.4) is 0 Å². The van der Waals surface area contributed by atoms with E-state index in [1.807, 2.05) is 29.2 Å². The van der Waals surface area contributed by atoms with Crippen LogP contribution in [0.5, 0.6) is 11.5 Å². The summed E-state index contributed by atoms with van der Waals surface area (Å²) in [5.41, 5.74) is 2.66. The maximum Gasteiger partial charge on any atom is 0.322 e. The number of benzene rings is 2. The number of carbonyl (C=O) groups is 1. The van der Waals surface area contributed by atoms with Crippen molar-refractivity contribution >= 4 is 22.8 Å². The molecule has 0 saturated carbocycles. The summed E-state index contributed by atoms with van der Waals surface area (Å²) in [5.74, 6) is 2.20. The van der Waals surface area contributed by atoms with Gasteiger partial charge in [0.05, 0.1) is 37.5 Å². The molecule has 1 aromatic heterocycles. The number of nitrogens with one attached hydrogen (secondary N) is 2. The second-order valence-corrected chi connectivity index (χ2v) is 6.96. The molecule has 29 heavy (non-hydrogen) atoms. The van der Waals surface area contributed by atoms with E-state index in [4.69, 9.17) is 9.47 Å². The predicted molar refractivity (Wildman–Crippen MR) is 112 cm³/mol. The maximum atomic E-state index is 12.7. The molecule has 8 heteroatoms. The standard InChI is InChI=1S/C21H25N5O3/c1-28-15-7-8-18(19(13-15)29-2)24-21(27)26-11-9-25(10-12-26)14-20-22-16-5-3-4-6-17(16)23-20/h3-8,13H,9-12,14H2,1-2H3,(H,22,23)(H,24,27). The summed E-state index contributed by atoms with van der Waals surface area (Å²) in [6, 6.07) is 13.2. The Balaban J connectivity index is 1.32. The zero-order valence-corrected chi connectivity index (χ0v) is 16.6. The van der Waals surface area contributed by atoms with Gasteiger partial charge in [-0.3, -0.25) is 4.90 Å². The van der Waals surface area contributed by atoms with Crippen molar-refractivity contribution in [3.8, 4) is 11.5 Å². The Morgan fingerprint density at radius 2 is 1.90 bits per heavy atom. The number of imidazole rings is 1. The Labute approximate surface area is 169 Å². The highest BCUT2D eigenvalue weighted by Gasteiger charge is 2.22. The van der Waals surface area contributed by atoms with Gasteiger partial charge in [0.1, 0.15) is 17.3 Å². The minimum absolute atomic E-state index is 0.128. The van der Waals surface area contributed by atoms with Gasteiger partial charge in [0.2, 0.25) is 0 Å². The highest BCUT2D eigenvalue weighted by molar-refractivity contribution is 5.91. The van der Waals surface area contributed by atoms with Crippen molar-refractivity contribution in [1.82, 2.24) is 19.8 Å². The lowest BCUT2D eigenvalue weighted by Gasteiger charge is -2.34. The lowest BCUT2D eigenvalue weighted by atomic mass is 10.2. The molecule has 2 N–H and O–H groups in total. The molecule has 8 nitrogen and oxygen atoms in total. The van der Waals surface area contributed by atoms with Crippen molar-refractivity contribution in [3.63, 3.8) is 0 Å². The minimum Gasteiger partial charge on any atom is -0.497 e. The van der Waals surface area contributed by atoms with Gasteiger partial charge in [-0.2, -0.15) is 0 Å². The van der Waals surface area contributed by atoms with Crippen molar-refractivity contribution in [2.45, 2.75) is 6.54 Å². The molecule has 0 aliphatic carbocycles. The first-order valence-electron chi connectivity index (χ1n) is 9.60. The molecule has 0 radical (unpaired) electrons. The second-order valence-electron chi connectivity index (χ2n) is 6.96. The Kier molecular flexibility index (Phi) is 5.53. The van der Waals surface area contributed by atoms with E-state index in [-0.39, 0.29) is 6.03 Å². The fourth-order valence-electron chi connectivity index (χ4n) is 3.50. The lowest BCUT2D eigenvalue weighted by Crippen LogP contribution is -2.49. The SMILES string of the molecule is COc1ccc(NC(=O)N2CCN(Cc3nc4ccccc4[nH]3)CC2)c(OC)c1. The Hall–Kier alpha value is -3.26. The molecular weight excluding hydrogens is 370 g/mol. The molecule has 0 spiro atoms. The lowest BCUT2D eigenvalue weighted by molar-refractivity contribution is 0.141. The van der Waals surface area contributed by atoms with Crippen LogP contribution in [-0.2, 0) is 6.54 Å². The molecule has 0 atom stereocenters. The first-order chi connectivity index (χ1) is 14.2. The number of urea groups is 1. The first-order valence-corrected chi connectivity index (χ1v) is 9.60. The average Bonchev–Trinajstić information content (AvgIpc) is 3.16. The number of piperazine rings is 1. The van der Waals surface area contributed by atoms with Gasteiger partial charge in [-0.1, -0.05) is 12.1 Å². The summed E-state index contributed by atoms with van der Waals surface area (Å²) in [4.78, 5) is 24.8. The number of anilines is 1. The number of hydrogen-bond acceptors (Lipinski definition) is 5. The fraction of sp³-hybridized carbons (Fsp3) is 0.333. The van der Waals surface area contributed by atoms with Gasteiger partial charge in [-0.25, -0.2) is 9.78 Å². The van der Waals surface area contributed by atoms with Gasteiger partial charge < -0.3 is 24.7 Å². The number of methoxy groups -OCH3 is 2. The number of nitrogens with zero attached hydrogens (tertiary/aromatic N) is 3. The number of aromatic nitrogens is 2.